The number of hydrogen-bond acceptors (Lipinski definition) is 2. The zero-order chi connectivity index (χ0) is 13.8. The highest BCUT2D eigenvalue weighted by molar-refractivity contribution is 6.31. The summed E-state index contributed by atoms with van der Waals surface area (Å²) in [6.45, 7) is 1.89. The van der Waals surface area contributed by atoms with Crippen molar-refractivity contribution in [3.8, 4) is 0 Å². The van der Waals surface area contributed by atoms with Crippen LogP contribution in [0.1, 0.15) is 16.7 Å². The molecule has 0 saturated carbocycles. The van der Waals surface area contributed by atoms with Crippen LogP contribution in [0.25, 0.3) is 11.8 Å². The quantitative estimate of drug-likeness (QED) is 0.472. The van der Waals surface area contributed by atoms with Gasteiger partial charge in [0.05, 0.1) is 10.5 Å². The maximum atomic E-state index is 11.2. The minimum absolute atomic E-state index is 0.0560. The molecule has 0 radical (unpaired) electrons. The highest BCUT2D eigenvalue weighted by atomic mass is 35.5. The van der Waals surface area contributed by atoms with E-state index in [0.717, 1.165) is 5.56 Å². The van der Waals surface area contributed by atoms with Gasteiger partial charge in [0.15, 0.2) is 0 Å². The van der Waals surface area contributed by atoms with Gasteiger partial charge < -0.3 is 0 Å². The number of rotatable bonds is 3. The van der Waals surface area contributed by atoms with E-state index in [1.165, 1.54) is 6.08 Å². The van der Waals surface area contributed by atoms with Crippen LogP contribution in [-0.4, -0.2) is 4.92 Å². The number of nitrogens with zero attached hydrogens (tertiary/aromatic N) is 1. The topological polar surface area (TPSA) is 43.1 Å². The van der Waals surface area contributed by atoms with Crippen LogP contribution in [0, 0.1) is 17.0 Å². The van der Waals surface area contributed by atoms with Gasteiger partial charge in [0.1, 0.15) is 0 Å². The van der Waals surface area contributed by atoms with E-state index in [2.05, 4.69) is 0 Å². The molecule has 4 heteroatoms. The van der Waals surface area contributed by atoms with Crippen molar-refractivity contribution in [3.63, 3.8) is 0 Å². The molecule has 0 aliphatic heterocycles. The van der Waals surface area contributed by atoms with Crippen LogP contribution in [0.15, 0.2) is 48.5 Å². The lowest BCUT2D eigenvalue weighted by molar-refractivity contribution is -0.374. The van der Waals surface area contributed by atoms with E-state index >= 15 is 0 Å². The second-order valence-corrected chi connectivity index (χ2v) is 4.57. The van der Waals surface area contributed by atoms with E-state index in [1.807, 2.05) is 25.1 Å². The molecular weight excluding hydrogens is 262 g/mol. The van der Waals surface area contributed by atoms with Crippen molar-refractivity contribution in [2.24, 2.45) is 0 Å². The molecule has 0 unspecified atom stereocenters. The normalized spacial score (nSPS) is 11.4. The second-order valence-electron chi connectivity index (χ2n) is 4.16. The van der Waals surface area contributed by atoms with Crippen LogP contribution in [0.3, 0.4) is 0 Å². The molecule has 0 amide bonds. The molecule has 0 fully saturated rings. The van der Waals surface area contributed by atoms with Crippen LogP contribution < -0.4 is 0 Å². The van der Waals surface area contributed by atoms with E-state index in [9.17, 15) is 10.1 Å². The first kappa shape index (κ1) is 13.3. The highest BCUT2D eigenvalue weighted by Crippen LogP contribution is 2.22. The summed E-state index contributed by atoms with van der Waals surface area (Å²) < 4.78 is 0. The third-order valence-corrected chi connectivity index (χ3v) is 3.17. The summed E-state index contributed by atoms with van der Waals surface area (Å²) in [6.07, 6.45) is 1.53. The number of hydrogen-bond donors (Lipinski definition) is 0. The fourth-order valence-corrected chi connectivity index (χ4v) is 1.90. The van der Waals surface area contributed by atoms with Gasteiger partial charge in [-0.3, -0.25) is 10.1 Å². The van der Waals surface area contributed by atoms with Crippen LogP contribution in [0.2, 0.25) is 5.02 Å². The Kier molecular flexibility index (Phi) is 3.97. The summed E-state index contributed by atoms with van der Waals surface area (Å²) in [5.41, 5.74) is 2.29. The smallest absolute Gasteiger partial charge is 0.258 e. The van der Waals surface area contributed by atoms with Gasteiger partial charge >= 0.3 is 0 Å². The molecule has 96 valence electrons. The Hall–Kier alpha value is -2.13. The second kappa shape index (κ2) is 5.67. The first-order valence-corrected chi connectivity index (χ1v) is 6.13. The standard InChI is InChI=1S/C15H12ClNO2/c1-11-7-8-12(9-14(11)16)10-15(17(18)19)13-5-3-2-4-6-13/h2-10H,1H3/b15-10+. The first-order valence-electron chi connectivity index (χ1n) is 5.75. The lowest BCUT2D eigenvalue weighted by Crippen LogP contribution is -1.97. The first-order chi connectivity index (χ1) is 9.08. The third kappa shape index (κ3) is 3.20. The molecule has 0 spiro atoms. The van der Waals surface area contributed by atoms with Crippen molar-refractivity contribution in [2.45, 2.75) is 6.92 Å². The Bertz CT molecular complexity index is 636. The molecule has 0 heterocycles. The summed E-state index contributed by atoms with van der Waals surface area (Å²) in [5, 5.41) is 11.8. The maximum absolute atomic E-state index is 11.2. The largest absolute Gasteiger partial charge is 0.277 e. The molecule has 0 atom stereocenters. The summed E-state index contributed by atoms with van der Waals surface area (Å²) >= 11 is 6.02. The molecule has 0 aliphatic carbocycles. The summed E-state index contributed by atoms with van der Waals surface area (Å²) in [5.74, 6) is 0. The van der Waals surface area contributed by atoms with Gasteiger partial charge in [0.2, 0.25) is 0 Å². The van der Waals surface area contributed by atoms with Crippen LogP contribution in [0.4, 0.5) is 0 Å². The monoisotopic (exact) mass is 273 g/mol. The van der Waals surface area contributed by atoms with E-state index in [1.54, 1.807) is 30.3 Å². The third-order valence-electron chi connectivity index (χ3n) is 2.77. The van der Waals surface area contributed by atoms with Gasteiger partial charge in [-0.1, -0.05) is 41.9 Å². The highest BCUT2D eigenvalue weighted by Gasteiger charge is 2.13. The Morgan fingerprint density at radius 1 is 1.21 bits per heavy atom. The molecule has 0 bridgehead atoms. The Labute approximate surface area is 116 Å². The zero-order valence-electron chi connectivity index (χ0n) is 10.3. The number of benzene rings is 2. The molecule has 2 aromatic rings. The molecule has 0 saturated heterocycles. The average Bonchev–Trinajstić information content (AvgIpc) is 2.40. The average molecular weight is 274 g/mol. The van der Waals surface area contributed by atoms with E-state index in [4.69, 9.17) is 11.6 Å². The summed E-state index contributed by atoms with van der Waals surface area (Å²) in [6, 6.07) is 14.2. The minimum atomic E-state index is -0.386. The minimum Gasteiger partial charge on any atom is -0.258 e. The van der Waals surface area contributed by atoms with Crippen LogP contribution in [-0.2, 0) is 0 Å². The Morgan fingerprint density at radius 2 is 1.89 bits per heavy atom. The molecular formula is C15H12ClNO2. The Morgan fingerprint density at radius 3 is 2.47 bits per heavy atom. The zero-order valence-corrected chi connectivity index (χ0v) is 11.1. The SMILES string of the molecule is Cc1ccc(/C=C(\c2ccccc2)[N+](=O)[O-])cc1Cl. The fourth-order valence-electron chi connectivity index (χ4n) is 1.71. The van der Waals surface area contributed by atoms with E-state index < -0.39 is 0 Å². The van der Waals surface area contributed by atoms with E-state index in [-0.39, 0.29) is 10.6 Å². The van der Waals surface area contributed by atoms with Crippen LogP contribution in [0.5, 0.6) is 0 Å². The van der Waals surface area contributed by atoms with Crippen LogP contribution >= 0.6 is 11.6 Å². The van der Waals surface area contributed by atoms with Crippen molar-refractivity contribution < 1.29 is 4.92 Å². The number of aryl methyl sites for hydroxylation is 1. The summed E-state index contributed by atoms with van der Waals surface area (Å²) in [4.78, 5) is 10.8. The van der Waals surface area contributed by atoms with Crippen molar-refractivity contribution >= 4 is 23.4 Å². The Balaban J connectivity index is 2.47. The number of nitro groups is 1. The van der Waals surface area contributed by atoms with Gasteiger partial charge in [0.25, 0.3) is 5.70 Å². The molecule has 0 aromatic heterocycles. The van der Waals surface area contributed by atoms with Gasteiger partial charge in [-0.15, -0.1) is 0 Å². The molecule has 19 heavy (non-hydrogen) atoms. The van der Waals surface area contributed by atoms with E-state index in [0.29, 0.717) is 16.1 Å². The van der Waals surface area contributed by atoms with Gasteiger partial charge in [-0.05, 0) is 36.2 Å². The predicted octanol–water partition coefficient (Wildman–Crippen LogP) is 4.42. The molecule has 2 rings (SSSR count). The lowest BCUT2D eigenvalue weighted by atomic mass is 10.1. The van der Waals surface area contributed by atoms with Crippen molar-refractivity contribution in [1.82, 2.24) is 0 Å². The van der Waals surface area contributed by atoms with Crippen molar-refractivity contribution in [3.05, 3.63) is 80.4 Å². The maximum Gasteiger partial charge on any atom is 0.277 e. The summed E-state index contributed by atoms with van der Waals surface area (Å²) in [7, 11) is 0. The fraction of sp³-hybridized carbons (Fsp3) is 0.0667. The molecule has 2 aromatic carbocycles. The lowest BCUT2D eigenvalue weighted by Gasteiger charge is -2.01. The van der Waals surface area contributed by atoms with Crippen molar-refractivity contribution in [2.75, 3.05) is 0 Å². The van der Waals surface area contributed by atoms with Gasteiger partial charge in [-0.2, -0.15) is 0 Å². The number of halogens is 1. The van der Waals surface area contributed by atoms with Gasteiger partial charge in [0, 0.05) is 11.1 Å². The molecule has 3 nitrogen and oxygen atoms in total. The van der Waals surface area contributed by atoms with Crippen molar-refractivity contribution in [1.29, 1.82) is 0 Å². The molecule has 0 aliphatic rings. The van der Waals surface area contributed by atoms with Gasteiger partial charge in [-0.25, -0.2) is 0 Å². The predicted molar refractivity (Wildman–Crippen MR) is 77.5 cm³/mol. The molecule has 0 N–H and O–H groups in total.